The molecule has 0 aromatic heterocycles. The first kappa shape index (κ1) is 20.8. The Kier molecular flexibility index (Phi) is 6.12. The maximum atomic E-state index is 12.6. The van der Waals surface area contributed by atoms with E-state index in [4.69, 9.17) is 0 Å². The van der Waals surface area contributed by atoms with Gasteiger partial charge in [-0.3, -0.25) is 14.4 Å². The first-order chi connectivity index (χ1) is 15.0. The van der Waals surface area contributed by atoms with Crippen molar-refractivity contribution in [1.29, 1.82) is 0 Å². The highest BCUT2D eigenvalue weighted by Gasteiger charge is 2.22. The molecule has 0 N–H and O–H groups in total. The zero-order valence-corrected chi connectivity index (χ0v) is 17.7. The van der Waals surface area contributed by atoms with Gasteiger partial charge in [0.25, 0.3) is 0 Å². The van der Waals surface area contributed by atoms with E-state index in [-0.39, 0.29) is 30.3 Å². The molecule has 3 aromatic rings. The average molecular weight is 415 g/mol. The van der Waals surface area contributed by atoms with Crippen LogP contribution in [-0.4, -0.2) is 48.6 Å². The van der Waals surface area contributed by atoms with Gasteiger partial charge in [-0.15, -0.1) is 0 Å². The first-order valence-electron chi connectivity index (χ1n) is 10.7. The fourth-order valence-corrected chi connectivity index (χ4v) is 4.01. The number of anilines is 1. The van der Waals surface area contributed by atoms with Crippen LogP contribution in [0.4, 0.5) is 5.69 Å². The van der Waals surface area contributed by atoms with E-state index in [1.54, 1.807) is 6.92 Å². The predicted molar refractivity (Wildman–Crippen MR) is 123 cm³/mol. The summed E-state index contributed by atoms with van der Waals surface area (Å²) in [5, 5.41) is 2.14. The Morgan fingerprint density at radius 3 is 2.06 bits per heavy atom. The van der Waals surface area contributed by atoms with Gasteiger partial charge in [0.2, 0.25) is 5.91 Å². The number of nitrogens with zero attached hydrogens (tertiary/aromatic N) is 2. The SMILES string of the molecule is CC(=O)c1ccc(N2CCN(C(=O)CCC(=O)c3ccc4ccccc4c3)CC2)cc1. The number of piperazine rings is 1. The van der Waals surface area contributed by atoms with Crippen LogP contribution >= 0.6 is 0 Å². The summed E-state index contributed by atoms with van der Waals surface area (Å²) < 4.78 is 0. The van der Waals surface area contributed by atoms with E-state index in [2.05, 4.69) is 4.90 Å². The highest BCUT2D eigenvalue weighted by molar-refractivity contribution is 6.01. The molecule has 0 radical (unpaired) electrons. The van der Waals surface area contributed by atoms with Crippen LogP contribution in [-0.2, 0) is 4.79 Å². The van der Waals surface area contributed by atoms with Gasteiger partial charge in [-0.25, -0.2) is 0 Å². The summed E-state index contributed by atoms with van der Waals surface area (Å²) in [6.45, 7) is 4.31. The second kappa shape index (κ2) is 9.13. The van der Waals surface area contributed by atoms with E-state index in [1.165, 1.54) is 0 Å². The first-order valence-corrected chi connectivity index (χ1v) is 10.7. The molecule has 31 heavy (non-hydrogen) atoms. The van der Waals surface area contributed by atoms with Crippen molar-refractivity contribution in [2.45, 2.75) is 19.8 Å². The van der Waals surface area contributed by atoms with Crippen LogP contribution in [0.1, 0.15) is 40.5 Å². The Labute approximate surface area is 182 Å². The van der Waals surface area contributed by atoms with Crippen molar-refractivity contribution < 1.29 is 14.4 Å². The van der Waals surface area contributed by atoms with Crippen molar-refractivity contribution >= 4 is 33.9 Å². The van der Waals surface area contributed by atoms with Gasteiger partial charge in [-0.2, -0.15) is 0 Å². The van der Waals surface area contributed by atoms with E-state index in [0.717, 1.165) is 29.5 Å². The molecule has 158 valence electrons. The summed E-state index contributed by atoms with van der Waals surface area (Å²) in [6, 6.07) is 21.2. The van der Waals surface area contributed by atoms with Crippen LogP contribution in [0.15, 0.2) is 66.7 Å². The maximum absolute atomic E-state index is 12.6. The molecule has 0 unspecified atom stereocenters. The number of carbonyl (C=O) groups is 3. The molecular formula is C26H26N2O3. The summed E-state index contributed by atoms with van der Waals surface area (Å²) in [6.07, 6.45) is 0.461. The number of hydrogen-bond acceptors (Lipinski definition) is 4. The average Bonchev–Trinajstić information content (AvgIpc) is 2.82. The summed E-state index contributed by atoms with van der Waals surface area (Å²) in [5.74, 6) is 0.0872. The maximum Gasteiger partial charge on any atom is 0.223 e. The van der Waals surface area contributed by atoms with Crippen LogP contribution in [0.2, 0.25) is 0 Å². The van der Waals surface area contributed by atoms with E-state index < -0.39 is 0 Å². The zero-order chi connectivity index (χ0) is 21.8. The fraction of sp³-hybridized carbons (Fsp3) is 0.269. The van der Waals surface area contributed by atoms with Crippen molar-refractivity contribution in [3.8, 4) is 0 Å². The van der Waals surface area contributed by atoms with Crippen LogP contribution in [0.5, 0.6) is 0 Å². The summed E-state index contributed by atoms with van der Waals surface area (Å²) in [5.41, 5.74) is 2.42. The normalized spacial score (nSPS) is 14.0. The largest absolute Gasteiger partial charge is 0.368 e. The lowest BCUT2D eigenvalue weighted by molar-refractivity contribution is -0.131. The molecule has 1 aliphatic heterocycles. The second-order valence-corrected chi connectivity index (χ2v) is 7.96. The second-order valence-electron chi connectivity index (χ2n) is 7.96. The lowest BCUT2D eigenvalue weighted by atomic mass is 10.0. The van der Waals surface area contributed by atoms with Crippen LogP contribution < -0.4 is 4.90 Å². The molecule has 0 atom stereocenters. The molecule has 1 amide bonds. The Hall–Kier alpha value is -3.47. The molecule has 0 spiro atoms. The van der Waals surface area contributed by atoms with Gasteiger partial charge in [0.1, 0.15) is 0 Å². The predicted octanol–water partition coefficient (Wildman–Crippen LogP) is 4.35. The molecule has 1 fully saturated rings. The molecule has 0 bridgehead atoms. The van der Waals surface area contributed by atoms with Gasteiger partial charge in [0, 0.05) is 55.8 Å². The van der Waals surface area contributed by atoms with Crippen molar-refractivity contribution in [3.63, 3.8) is 0 Å². The standard InChI is InChI=1S/C26H26N2O3/c1-19(29)20-8-10-24(11-9-20)27-14-16-28(17-15-27)26(31)13-12-25(30)23-7-6-21-4-2-3-5-22(21)18-23/h2-11,18H,12-17H2,1H3. The van der Waals surface area contributed by atoms with Crippen LogP contribution in [0.25, 0.3) is 10.8 Å². The Balaban J connectivity index is 1.28. The Bertz CT molecular complexity index is 1110. The summed E-state index contributed by atoms with van der Waals surface area (Å²) >= 11 is 0. The van der Waals surface area contributed by atoms with Crippen molar-refractivity contribution in [3.05, 3.63) is 77.9 Å². The van der Waals surface area contributed by atoms with Gasteiger partial charge in [-0.05, 0) is 48.0 Å². The number of amides is 1. The number of fused-ring (bicyclic) bond motifs is 1. The number of benzene rings is 3. The van der Waals surface area contributed by atoms with Gasteiger partial charge < -0.3 is 9.80 Å². The van der Waals surface area contributed by atoms with Crippen LogP contribution in [0, 0.1) is 0 Å². The van der Waals surface area contributed by atoms with Gasteiger partial charge in [-0.1, -0.05) is 36.4 Å². The molecule has 1 heterocycles. The van der Waals surface area contributed by atoms with Crippen molar-refractivity contribution in [2.75, 3.05) is 31.1 Å². The van der Waals surface area contributed by atoms with E-state index >= 15 is 0 Å². The van der Waals surface area contributed by atoms with Crippen molar-refractivity contribution in [1.82, 2.24) is 4.90 Å². The third-order valence-corrected chi connectivity index (χ3v) is 5.91. The third-order valence-electron chi connectivity index (χ3n) is 5.91. The smallest absolute Gasteiger partial charge is 0.223 e. The lowest BCUT2D eigenvalue weighted by Gasteiger charge is -2.36. The van der Waals surface area contributed by atoms with E-state index in [9.17, 15) is 14.4 Å². The number of ketones is 2. The van der Waals surface area contributed by atoms with Gasteiger partial charge >= 0.3 is 0 Å². The topological polar surface area (TPSA) is 57.7 Å². The molecule has 0 aliphatic carbocycles. The van der Waals surface area contributed by atoms with Gasteiger partial charge in [0.15, 0.2) is 11.6 Å². The molecule has 1 saturated heterocycles. The van der Waals surface area contributed by atoms with Gasteiger partial charge in [0.05, 0.1) is 0 Å². The number of hydrogen-bond donors (Lipinski definition) is 0. The fourth-order valence-electron chi connectivity index (χ4n) is 4.01. The lowest BCUT2D eigenvalue weighted by Crippen LogP contribution is -2.48. The third kappa shape index (κ3) is 4.82. The quantitative estimate of drug-likeness (QED) is 0.563. The van der Waals surface area contributed by atoms with E-state index in [1.807, 2.05) is 71.6 Å². The molecule has 5 heteroatoms. The number of rotatable bonds is 6. The molecular weight excluding hydrogens is 388 g/mol. The molecule has 1 aliphatic rings. The minimum Gasteiger partial charge on any atom is -0.368 e. The van der Waals surface area contributed by atoms with E-state index in [0.29, 0.717) is 24.2 Å². The minimum atomic E-state index is 0.00306. The highest BCUT2D eigenvalue weighted by atomic mass is 16.2. The summed E-state index contributed by atoms with van der Waals surface area (Å²) in [4.78, 5) is 40.7. The molecule has 3 aromatic carbocycles. The molecule has 4 rings (SSSR count). The van der Waals surface area contributed by atoms with Crippen LogP contribution in [0.3, 0.4) is 0 Å². The summed E-state index contributed by atoms with van der Waals surface area (Å²) in [7, 11) is 0. The van der Waals surface area contributed by atoms with Crippen molar-refractivity contribution in [2.24, 2.45) is 0 Å². The number of carbonyl (C=O) groups excluding carboxylic acids is 3. The monoisotopic (exact) mass is 414 g/mol. The minimum absolute atomic E-state index is 0.00306. The molecule has 0 saturated carbocycles. The highest BCUT2D eigenvalue weighted by Crippen LogP contribution is 2.19. The Morgan fingerprint density at radius 2 is 1.39 bits per heavy atom. The number of Topliss-reactive ketones (excluding diaryl/α,β-unsaturated/α-hetero) is 2. The zero-order valence-electron chi connectivity index (χ0n) is 17.7. The Morgan fingerprint density at radius 1 is 0.742 bits per heavy atom. The molecule has 5 nitrogen and oxygen atoms in total.